The first kappa shape index (κ1) is 17.6. The van der Waals surface area contributed by atoms with E-state index in [2.05, 4.69) is 5.32 Å². The minimum atomic E-state index is -0.415. The summed E-state index contributed by atoms with van der Waals surface area (Å²) < 4.78 is 4.93. The van der Waals surface area contributed by atoms with Crippen molar-refractivity contribution >= 4 is 18.1 Å². The monoisotopic (exact) mass is 276 g/mol. The van der Waals surface area contributed by atoms with Crippen LogP contribution in [0.1, 0.15) is 57.8 Å². The Kier molecular flexibility index (Phi) is 14.3. The number of nitrogens with two attached hydrogens (primary N) is 1. The lowest BCUT2D eigenvalue weighted by Gasteiger charge is -2.03. The molecule has 5 heteroatoms. The molecule has 4 nitrogen and oxygen atoms in total. The molecule has 0 fully saturated rings. The Labute approximate surface area is 116 Å². The molecule has 0 rings (SSSR count). The van der Waals surface area contributed by atoms with Crippen LogP contribution >= 0.6 is 12.0 Å². The van der Waals surface area contributed by atoms with Gasteiger partial charge in [0.2, 0.25) is 0 Å². The van der Waals surface area contributed by atoms with Crippen LogP contribution < -0.4 is 11.1 Å². The highest BCUT2D eigenvalue weighted by Gasteiger charge is 1.94. The molecule has 0 aromatic rings. The fourth-order valence-electron chi connectivity index (χ4n) is 1.82. The number of hydrogen-bond acceptors (Lipinski definition) is 3. The number of urea groups is 1. The zero-order chi connectivity index (χ0) is 13.5. The largest absolute Gasteiger partial charge is 0.352 e. The van der Waals surface area contributed by atoms with E-state index in [1.165, 1.54) is 51.4 Å². The second-order valence-corrected chi connectivity index (χ2v) is 5.44. The number of nitrogens with one attached hydrogen (secondary N) is 1. The molecule has 18 heavy (non-hydrogen) atoms. The van der Waals surface area contributed by atoms with Gasteiger partial charge in [0.05, 0.1) is 7.11 Å². The second-order valence-electron chi connectivity index (χ2n) is 4.46. The molecule has 0 heterocycles. The molecule has 0 saturated carbocycles. The molecule has 108 valence electrons. The van der Waals surface area contributed by atoms with Crippen LogP contribution in [0.4, 0.5) is 4.79 Å². The summed E-state index contributed by atoms with van der Waals surface area (Å²) in [7, 11) is 1.73. The van der Waals surface area contributed by atoms with Gasteiger partial charge in [0, 0.05) is 12.3 Å². The summed E-state index contributed by atoms with van der Waals surface area (Å²) in [6.45, 7) is 0.715. The number of primary amides is 1. The van der Waals surface area contributed by atoms with Gasteiger partial charge in [-0.2, -0.15) is 0 Å². The standard InChI is InChI=1S/C13H28N2O2S/c1-17-18-12-10-8-6-4-2-3-5-7-9-11-15-13(14)16/h2-12H2,1H3,(H3,14,15,16). The van der Waals surface area contributed by atoms with E-state index in [9.17, 15) is 4.79 Å². The third-order valence-electron chi connectivity index (χ3n) is 2.82. The number of hydrogen-bond donors (Lipinski definition) is 2. The minimum absolute atomic E-state index is 0.415. The molecule has 0 aromatic heterocycles. The van der Waals surface area contributed by atoms with Crippen LogP contribution in [0.3, 0.4) is 0 Å². The van der Waals surface area contributed by atoms with E-state index < -0.39 is 6.03 Å². The normalized spacial score (nSPS) is 10.5. The van der Waals surface area contributed by atoms with Gasteiger partial charge in [-0.15, -0.1) is 0 Å². The lowest BCUT2D eigenvalue weighted by atomic mass is 10.1. The Bertz CT molecular complexity index is 192. The highest BCUT2D eigenvalue weighted by Crippen LogP contribution is 2.11. The maximum absolute atomic E-state index is 10.4. The fraction of sp³-hybridized carbons (Fsp3) is 0.923. The van der Waals surface area contributed by atoms with E-state index in [1.807, 2.05) is 0 Å². The quantitative estimate of drug-likeness (QED) is 0.400. The highest BCUT2D eigenvalue weighted by molar-refractivity contribution is 7.94. The van der Waals surface area contributed by atoms with Gasteiger partial charge in [-0.3, -0.25) is 0 Å². The van der Waals surface area contributed by atoms with Gasteiger partial charge in [0.1, 0.15) is 0 Å². The summed E-state index contributed by atoms with van der Waals surface area (Å²) in [5, 5.41) is 2.61. The third-order valence-corrected chi connectivity index (χ3v) is 3.51. The Morgan fingerprint density at radius 1 is 1.00 bits per heavy atom. The van der Waals surface area contributed by atoms with Crippen LogP contribution in [-0.2, 0) is 4.18 Å². The molecular weight excluding hydrogens is 248 g/mol. The molecule has 0 aliphatic carbocycles. The molecule has 0 aliphatic rings. The van der Waals surface area contributed by atoms with Crippen LogP contribution in [0.2, 0.25) is 0 Å². The molecule has 3 N–H and O–H groups in total. The van der Waals surface area contributed by atoms with E-state index >= 15 is 0 Å². The van der Waals surface area contributed by atoms with Gasteiger partial charge >= 0.3 is 6.03 Å². The zero-order valence-corrected chi connectivity index (χ0v) is 12.4. The van der Waals surface area contributed by atoms with Crippen molar-refractivity contribution in [2.45, 2.75) is 57.8 Å². The van der Waals surface area contributed by atoms with Gasteiger partial charge in [0.15, 0.2) is 0 Å². The number of unbranched alkanes of at least 4 members (excludes halogenated alkanes) is 8. The number of carbonyl (C=O) groups excluding carboxylic acids is 1. The van der Waals surface area contributed by atoms with Gasteiger partial charge in [0.25, 0.3) is 0 Å². The highest BCUT2D eigenvalue weighted by atomic mass is 32.2. The van der Waals surface area contributed by atoms with Crippen molar-refractivity contribution in [1.29, 1.82) is 0 Å². The van der Waals surface area contributed by atoms with E-state index in [4.69, 9.17) is 9.92 Å². The summed E-state index contributed by atoms with van der Waals surface area (Å²) in [6.07, 6.45) is 11.4. The predicted molar refractivity (Wildman–Crippen MR) is 78.6 cm³/mol. The summed E-state index contributed by atoms with van der Waals surface area (Å²) >= 11 is 1.55. The smallest absolute Gasteiger partial charge is 0.312 e. The van der Waals surface area contributed by atoms with Gasteiger partial charge in [-0.1, -0.05) is 44.9 Å². The van der Waals surface area contributed by atoms with Gasteiger partial charge in [-0.25, -0.2) is 4.79 Å². The number of rotatable bonds is 13. The van der Waals surface area contributed by atoms with E-state index in [1.54, 1.807) is 19.2 Å². The molecule has 0 bridgehead atoms. The maximum Gasteiger partial charge on any atom is 0.312 e. The van der Waals surface area contributed by atoms with Crippen molar-refractivity contribution in [1.82, 2.24) is 5.32 Å². The molecule has 0 unspecified atom stereocenters. The lowest BCUT2D eigenvalue weighted by molar-refractivity contribution is 0.248. The van der Waals surface area contributed by atoms with Crippen molar-refractivity contribution in [3.05, 3.63) is 0 Å². The summed E-state index contributed by atoms with van der Waals surface area (Å²) in [6, 6.07) is -0.415. The van der Waals surface area contributed by atoms with Crippen molar-refractivity contribution in [2.75, 3.05) is 19.4 Å². The van der Waals surface area contributed by atoms with E-state index in [-0.39, 0.29) is 0 Å². The third kappa shape index (κ3) is 15.6. The van der Waals surface area contributed by atoms with E-state index in [0.29, 0.717) is 6.54 Å². The SMILES string of the molecule is COSCCCCCCCCCCCNC(N)=O. The Morgan fingerprint density at radius 2 is 1.50 bits per heavy atom. The molecule has 0 saturated heterocycles. The Hall–Kier alpha value is -0.420. The van der Waals surface area contributed by atoms with Crippen LogP contribution in [0, 0.1) is 0 Å². The van der Waals surface area contributed by atoms with Crippen molar-refractivity contribution < 1.29 is 8.98 Å². The first-order valence-corrected chi connectivity index (χ1v) is 7.87. The van der Waals surface area contributed by atoms with E-state index in [0.717, 1.165) is 12.2 Å². The number of carbonyl (C=O) groups is 1. The zero-order valence-electron chi connectivity index (χ0n) is 11.6. The molecule has 0 aliphatic heterocycles. The molecule has 0 aromatic carbocycles. The van der Waals surface area contributed by atoms with Crippen molar-refractivity contribution in [3.8, 4) is 0 Å². The average Bonchev–Trinajstić information content (AvgIpc) is 2.34. The number of amides is 2. The maximum atomic E-state index is 10.4. The first-order chi connectivity index (χ1) is 8.77. The Balaban J connectivity index is 2.92. The average molecular weight is 276 g/mol. The van der Waals surface area contributed by atoms with Crippen LogP contribution in [0.15, 0.2) is 0 Å². The summed E-state index contributed by atoms with van der Waals surface area (Å²) in [4.78, 5) is 10.4. The minimum Gasteiger partial charge on any atom is -0.352 e. The van der Waals surface area contributed by atoms with Crippen LogP contribution in [0.25, 0.3) is 0 Å². The molecular formula is C13H28N2O2S. The summed E-state index contributed by atoms with van der Waals surface area (Å²) in [5.74, 6) is 1.11. The topological polar surface area (TPSA) is 64.3 Å². The summed E-state index contributed by atoms with van der Waals surface area (Å²) in [5.41, 5.74) is 4.97. The lowest BCUT2D eigenvalue weighted by Crippen LogP contribution is -2.29. The predicted octanol–water partition coefficient (Wildman–Crippen LogP) is 3.46. The van der Waals surface area contributed by atoms with Gasteiger partial charge < -0.3 is 15.2 Å². The molecule has 0 radical (unpaired) electrons. The molecule has 2 amide bonds. The molecule has 0 atom stereocenters. The van der Waals surface area contributed by atoms with Crippen molar-refractivity contribution in [3.63, 3.8) is 0 Å². The first-order valence-electron chi connectivity index (χ1n) is 6.96. The van der Waals surface area contributed by atoms with Crippen LogP contribution in [-0.4, -0.2) is 25.4 Å². The fourth-order valence-corrected chi connectivity index (χ4v) is 2.31. The van der Waals surface area contributed by atoms with Crippen LogP contribution in [0.5, 0.6) is 0 Å². The van der Waals surface area contributed by atoms with Crippen molar-refractivity contribution in [2.24, 2.45) is 5.73 Å². The van der Waals surface area contributed by atoms with Gasteiger partial charge in [-0.05, 0) is 24.9 Å². The Morgan fingerprint density at radius 3 is 2.00 bits per heavy atom. The molecule has 0 spiro atoms. The second kappa shape index (κ2) is 14.6.